The molecule has 2 aromatic carbocycles. The van der Waals surface area contributed by atoms with Crippen molar-refractivity contribution >= 4 is 35.2 Å². The third-order valence-corrected chi connectivity index (χ3v) is 7.49. The minimum atomic E-state index is -0.587. The van der Waals surface area contributed by atoms with Crippen LogP contribution in [0.1, 0.15) is 43.2 Å². The van der Waals surface area contributed by atoms with Crippen LogP contribution in [0.5, 0.6) is 11.5 Å². The summed E-state index contributed by atoms with van der Waals surface area (Å²) < 4.78 is 11.4. The fourth-order valence-corrected chi connectivity index (χ4v) is 5.28. The van der Waals surface area contributed by atoms with Crippen molar-refractivity contribution in [3.8, 4) is 11.5 Å². The highest BCUT2D eigenvalue weighted by Crippen LogP contribution is 2.40. The Bertz CT molecular complexity index is 1020. The standard InChI is InChI=1S/C26H29Cl2NO4/c1-32-24-15-18(8-10-23(24)33-17-20-21(27)6-4-7-22(20)28)9-11-25(30)29-14-13-26(31)12-3-2-5-19(26)16-29/h4,6-11,15,19,31H,2-3,5,12-14,16-17H2,1H3. The van der Waals surface area contributed by atoms with Crippen molar-refractivity contribution in [3.63, 3.8) is 0 Å². The monoisotopic (exact) mass is 489 g/mol. The summed E-state index contributed by atoms with van der Waals surface area (Å²) in [6.07, 6.45) is 8.07. The van der Waals surface area contributed by atoms with Crippen LogP contribution in [0.15, 0.2) is 42.5 Å². The molecule has 2 aromatic rings. The van der Waals surface area contributed by atoms with E-state index in [-0.39, 0.29) is 18.4 Å². The van der Waals surface area contributed by atoms with E-state index in [1.54, 1.807) is 43.5 Å². The van der Waals surface area contributed by atoms with Gasteiger partial charge in [-0.15, -0.1) is 0 Å². The molecule has 0 radical (unpaired) electrons. The molecule has 1 N–H and O–H groups in total. The molecule has 0 bridgehead atoms. The first-order valence-corrected chi connectivity index (χ1v) is 12.1. The first-order chi connectivity index (χ1) is 15.9. The van der Waals surface area contributed by atoms with Crippen LogP contribution in [-0.2, 0) is 11.4 Å². The Hall–Kier alpha value is -2.21. The maximum absolute atomic E-state index is 12.8. The number of aliphatic hydroxyl groups is 1. The summed E-state index contributed by atoms with van der Waals surface area (Å²) in [5, 5.41) is 11.9. The first kappa shape index (κ1) is 23.9. The number of ether oxygens (including phenoxy) is 2. The maximum Gasteiger partial charge on any atom is 0.246 e. The predicted molar refractivity (Wildman–Crippen MR) is 131 cm³/mol. The summed E-state index contributed by atoms with van der Waals surface area (Å²) in [7, 11) is 1.57. The number of methoxy groups -OCH3 is 1. The van der Waals surface area contributed by atoms with Crippen molar-refractivity contribution in [3.05, 3.63) is 63.6 Å². The molecule has 33 heavy (non-hydrogen) atoms. The average molecular weight is 490 g/mol. The molecule has 1 saturated heterocycles. The van der Waals surface area contributed by atoms with E-state index in [1.165, 1.54) is 0 Å². The lowest BCUT2D eigenvalue weighted by Gasteiger charge is -2.47. The fraction of sp³-hybridized carbons (Fsp3) is 0.423. The zero-order valence-electron chi connectivity index (χ0n) is 18.7. The number of hydrogen-bond donors (Lipinski definition) is 1. The van der Waals surface area contributed by atoms with Crippen molar-refractivity contribution in [1.29, 1.82) is 0 Å². The molecule has 176 valence electrons. The Morgan fingerprint density at radius 3 is 2.73 bits per heavy atom. The number of fused-ring (bicyclic) bond motifs is 1. The second-order valence-corrected chi connectivity index (χ2v) is 9.63. The van der Waals surface area contributed by atoms with E-state index < -0.39 is 5.60 Å². The molecule has 2 atom stereocenters. The van der Waals surface area contributed by atoms with Crippen LogP contribution in [0.4, 0.5) is 0 Å². The molecule has 1 aliphatic carbocycles. The van der Waals surface area contributed by atoms with Crippen molar-refractivity contribution in [1.82, 2.24) is 4.90 Å². The number of rotatable bonds is 6. The predicted octanol–water partition coefficient (Wildman–Crippen LogP) is 5.75. The summed E-state index contributed by atoms with van der Waals surface area (Å²) >= 11 is 12.4. The number of likely N-dealkylation sites (tertiary alicyclic amines) is 1. The minimum Gasteiger partial charge on any atom is -0.493 e. The van der Waals surface area contributed by atoms with Gasteiger partial charge < -0.3 is 19.5 Å². The molecule has 1 amide bonds. The van der Waals surface area contributed by atoms with Crippen LogP contribution in [-0.4, -0.2) is 41.7 Å². The molecule has 4 rings (SSSR count). The van der Waals surface area contributed by atoms with Crippen LogP contribution >= 0.6 is 23.2 Å². The van der Waals surface area contributed by atoms with Gasteiger partial charge in [0.1, 0.15) is 6.61 Å². The average Bonchev–Trinajstić information content (AvgIpc) is 2.82. The molecule has 1 saturated carbocycles. The Labute approximate surface area is 204 Å². The summed E-state index contributed by atoms with van der Waals surface area (Å²) in [6.45, 7) is 1.43. The highest BCUT2D eigenvalue weighted by Gasteiger charge is 2.43. The van der Waals surface area contributed by atoms with E-state index in [4.69, 9.17) is 32.7 Å². The second kappa shape index (κ2) is 10.4. The Morgan fingerprint density at radius 2 is 1.97 bits per heavy atom. The molecule has 5 nitrogen and oxygen atoms in total. The van der Waals surface area contributed by atoms with Crippen molar-refractivity contribution in [2.75, 3.05) is 20.2 Å². The summed E-state index contributed by atoms with van der Waals surface area (Å²) in [5.41, 5.74) is 0.953. The van der Waals surface area contributed by atoms with Crippen molar-refractivity contribution in [2.24, 2.45) is 5.92 Å². The zero-order chi connectivity index (χ0) is 23.4. The zero-order valence-corrected chi connectivity index (χ0v) is 20.2. The number of nitrogens with zero attached hydrogens (tertiary/aromatic N) is 1. The van der Waals surface area contributed by atoms with Gasteiger partial charge in [-0.1, -0.05) is 48.2 Å². The molecule has 2 unspecified atom stereocenters. The largest absolute Gasteiger partial charge is 0.493 e. The molecule has 2 aliphatic rings. The van der Waals surface area contributed by atoms with E-state index >= 15 is 0 Å². The SMILES string of the molecule is COc1cc(C=CC(=O)N2CCC3(O)CCCCC3C2)ccc1OCc1c(Cl)cccc1Cl. The number of hydrogen-bond acceptors (Lipinski definition) is 4. The van der Waals surface area contributed by atoms with Gasteiger partial charge >= 0.3 is 0 Å². The van der Waals surface area contributed by atoms with Crippen LogP contribution in [0, 0.1) is 5.92 Å². The van der Waals surface area contributed by atoms with Crippen LogP contribution < -0.4 is 9.47 Å². The first-order valence-electron chi connectivity index (χ1n) is 11.3. The number of halogens is 2. The lowest BCUT2D eigenvalue weighted by atomic mass is 9.71. The van der Waals surface area contributed by atoms with Crippen molar-refractivity contribution in [2.45, 2.75) is 44.3 Å². The molecule has 0 spiro atoms. The van der Waals surface area contributed by atoms with Crippen LogP contribution in [0.2, 0.25) is 10.0 Å². The van der Waals surface area contributed by atoms with Gasteiger partial charge in [-0.05, 0) is 55.2 Å². The maximum atomic E-state index is 12.8. The second-order valence-electron chi connectivity index (χ2n) is 8.81. The number of carbonyl (C=O) groups excluding carboxylic acids is 1. The van der Waals surface area contributed by atoms with E-state index in [0.29, 0.717) is 46.6 Å². The molecule has 2 fully saturated rings. The lowest BCUT2D eigenvalue weighted by Crippen LogP contribution is -2.54. The quantitative estimate of drug-likeness (QED) is 0.524. The van der Waals surface area contributed by atoms with Gasteiger partial charge in [0.15, 0.2) is 11.5 Å². The number of benzene rings is 2. The van der Waals surface area contributed by atoms with Crippen LogP contribution in [0.3, 0.4) is 0 Å². The smallest absolute Gasteiger partial charge is 0.246 e. The fourth-order valence-electron chi connectivity index (χ4n) is 4.77. The molecule has 7 heteroatoms. The van der Waals surface area contributed by atoms with Gasteiger partial charge in [0, 0.05) is 40.7 Å². The molecule has 1 heterocycles. The van der Waals surface area contributed by atoms with Gasteiger partial charge in [-0.3, -0.25) is 4.79 Å². The topological polar surface area (TPSA) is 59.0 Å². The highest BCUT2D eigenvalue weighted by atomic mass is 35.5. The minimum absolute atomic E-state index is 0.0321. The third-order valence-electron chi connectivity index (χ3n) is 6.78. The summed E-state index contributed by atoms with van der Waals surface area (Å²) in [4.78, 5) is 14.6. The molecule has 1 aliphatic heterocycles. The number of piperidine rings is 1. The van der Waals surface area contributed by atoms with Gasteiger partial charge in [0.25, 0.3) is 0 Å². The Balaban J connectivity index is 1.39. The van der Waals surface area contributed by atoms with Crippen LogP contribution in [0.25, 0.3) is 6.08 Å². The van der Waals surface area contributed by atoms with Gasteiger partial charge in [0.2, 0.25) is 5.91 Å². The normalized spacial score (nSPS) is 22.8. The summed E-state index contributed by atoms with van der Waals surface area (Å²) in [5.74, 6) is 1.26. The summed E-state index contributed by atoms with van der Waals surface area (Å²) in [6, 6.07) is 10.8. The van der Waals surface area contributed by atoms with Gasteiger partial charge in [0.05, 0.1) is 12.7 Å². The molecular weight excluding hydrogens is 461 g/mol. The molecule has 0 aromatic heterocycles. The van der Waals surface area contributed by atoms with E-state index in [1.807, 2.05) is 17.0 Å². The lowest BCUT2D eigenvalue weighted by molar-refractivity contribution is -0.138. The molecular formula is C26H29Cl2NO4. The number of amides is 1. The van der Waals surface area contributed by atoms with E-state index in [9.17, 15) is 9.90 Å². The Kier molecular flexibility index (Phi) is 7.52. The van der Waals surface area contributed by atoms with E-state index in [2.05, 4.69) is 0 Å². The van der Waals surface area contributed by atoms with Gasteiger partial charge in [-0.25, -0.2) is 0 Å². The van der Waals surface area contributed by atoms with Crippen molar-refractivity contribution < 1.29 is 19.4 Å². The Morgan fingerprint density at radius 1 is 1.18 bits per heavy atom. The highest BCUT2D eigenvalue weighted by molar-refractivity contribution is 6.35. The third kappa shape index (κ3) is 5.48. The van der Waals surface area contributed by atoms with Gasteiger partial charge in [-0.2, -0.15) is 0 Å². The van der Waals surface area contributed by atoms with E-state index in [0.717, 1.165) is 31.2 Å². The number of carbonyl (C=O) groups is 1.